The van der Waals surface area contributed by atoms with E-state index >= 15 is 0 Å². The molecule has 148 valence electrons. The normalized spacial score (nSPS) is 14.2. The molecule has 0 unspecified atom stereocenters. The summed E-state index contributed by atoms with van der Waals surface area (Å²) in [5.41, 5.74) is 2.55. The SMILES string of the molecule is CCC(=O)c1ccc(OCC(=O)Nc2ccccc2N2CCCCCC2)cc1. The molecule has 0 saturated carbocycles. The third kappa shape index (κ3) is 5.35. The van der Waals surface area contributed by atoms with Gasteiger partial charge in [-0.25, -0.2) is 0 Å². The second-order valence-corrected chi connectivity index (χ2v) is 7.06. The summed E-state index contributed by atoms with van der Waals surface area (Å²) in [6.45, 7) is 3.80. The molecule has 0 aromatic heterocycles. The van der Waals surface area contributed by atoms with Gasteiger partial charge in [0.2, 0.25) is 0 Å². The van der Waals surface area contributed by atoms with Gasteiger partial charge in [-0.2, -0.15) is 0 Å². The van der Waals surface area contributed by atoms with Crippen molar-refractivity contribution < 1.29 is 14.3 Å². The van der Waals surface area contributed by atoms with E-state index in [-0.39, 0.29) is 18.3 Å². The molecule has 1 amide bonds. The molecule has 5 heteroatoms. The molecule has 0 spiro atoms. The molecule has 1 saturated heterocycles. The maximum absolute atomic E-state index is 12.4. The van der Waals surface area contributed by atoms with Crippen LogP contribution in [-0.4, -0.2) is 31.4 Å². The lowest BCUT2D eigenvalue weighted by atomic mass is 10.1. The zero-order chi connectivity index (χ0) is 19.8. The Morgan fingerprint density at radius 3 is 2.32 bits per heavy atom. The molecule has 1 N–H and O–H groups in total. The molecule has 1 aliphatic rings. The minimum absolute atomic E-state index is 0.0740. The van der Waals surface area contributed by atoms with Crippen molar-refractivity contribution in [2.75, 3.05) is 29.9 Å². The van der Waals surface area contributed by atoms with Crippen LogP contribution in [0, 0.1) is 0 Å². The molecule has 3 rings (SSSR count). The van der Waals surface area contributed by atoms with Crippen LogP contribution in [0.2, 0.25) is 0 Å². The smallest absolute Gasteiger partial charge is 0.262 e. The summed E-state index contributed by atoms with van der Waals surface area (Å²) in [4.78, 5) is 26.4. The van der Waals surface area contributed by atoms with E-state index in [1.807, 2.05) is 25.1 Å². The summed E-state index contributed by atoms with van der Waals surface area (Å²) < 4.78 is 5.58. The molecule has 2 aromatic rings. The monoisotopic (exact) mass is 380 g/mol. The number of carbonyl (C=O) groups is 2. The molecular weight excluding hydrogens is 352 g/mol. The van der Waals surface area contributed by atoms with Crippen molar-refractivity contribution in [3.8, 4) is 5.75 Å². The van der Waals surface area contributed by atoms with Crippen molar-refractivity contribution in [2.45, 2.75) is 39.0 Å². The molecule has 5 nitrogen and oxygen atoms in total. The number of hydrogen-bond acceptors (Lipinski definition) is 4. The first-order valence-electron chi connectivity index (χ1n) is 10.1. The fraction of sp³-hybridized carbons (Fsp3) is 0.391. The fourth-order valence-electron chi connectivity index (χ4n) is 3.44. The van der Waals surface area contributed by atoms with Crippen LogP contribution in [0.3, 0.4) is 0 Å². The Balaban J connectivity index is 1.58. The zero-order valence-corrected chi connectivity index (χ0v) is 16.4. The van der Waals surface area contributed by atoms with E-state index in [9.17, 15) is 9.59 Å². The third-order valence-corrected chi connectivity index (χ3v) is 4.99. The van der Waals surface area contributed by atoms with Crippen molar-refractivity contribution in [1.82, 2.24) is 0 Å². The lowest BCUT2D eigenvalue weighted by Crippen LogP contribution is -2.27. The van der Waals surface area contributed by atoms with Crippen LogP contribution in [0.4, 0.5) is 11.4 Å². The number of carbonyl (C=O) groups excluding carboxylic acids is 2. The topological polar surface area (TPSA) is 58.6 Å². The molecular formula is C23H28N2O3. The van der Waals surface area contributed by atoms with Crippen LogP contribution in [0.15, 0.2) is 48.5 Å². The number of Topliss-reactive ketones (excluding diaryl/α,β-unsaturated/α-hetero) is 1. The van der Waals surface area contributed by atoms with Gasteiger partial charge < -0.3 is 15.0 Å². The van der Waals surface area contributed by atoms with E-state index < -0.39 is 0 Å². The van der Waals surface area contributed by atoms with E-state index in [0.29, 0.717) is 17.7 Å². The standard InChI is InChI=1S/C23H28N2O3/c1-2-22(26)18-11-13-19(14-12-18)28-17-23(27)24-20-9-5-6-10-21(20)25-15-7-3-4-8-16-25/h5-6,9-14H,2-4,7-8,15-17H2,1H3,(H,24,27). The maximum atomic E-state index is 12.4. The minimum Gasteiger partial charge on any atom is -0.484 e. The molecule has 0 atom stereocenters. The van der Waals surface area contributed by atoms with Gasteiger partial charge in [-0.15, -0.1) is 0 Å². The predicted octanol–water partition coefficient (Wildman–Crippen LogP) is 4.68. The molecule has 0 radical (unpaired) electrons. The summed E-state index contributed by atoms with van der Waals surface area (Å²) >= 11 is 0. The van der Waals surface area contributed by atoms with Crippen LogP contribution in [0.25, 0.3) is 0 Å². The summed E-state index contributed by atoms with van der Waals surface area (Å²) in [6, 6.07) is 14.8. The summed E-state index contributed by atoms with van der Waals surface area (Å²) in [5.74, 6) is 0.467. The van der Waals surface area contributed by atoms with Crippen LogP contribution < -0.4 is 15.0 Å². The van der Waals surface area contributed by atoms with E-state index in [1.54, 1.807) is 24.3 Å². The lowest BCUT2D eigenvalue weighted by molar-refractivity contribution is -0.118. The second kappa shape index (κ2) is 9.93. The van der Waals surface area contributed by atoms with Gasteiger partial charge in [0, 0.05) is 25.1 Å². The summed E-state index contributed by atoms with van der Waals surface area (Å²) in [6.07, 6.45) is 5.37. The average molecular weight is 380 g/mol. The number of rotatable bonds is 7. The fourth-order valence-corrected chi connectivity index (χ4v) is 3.44. The highest BCUT2D eigenvalue weighted by Crippen LogP contribution is 2.28. The Morgan fingerprint density at radius 2 is 1.64 bits per heavy atom. The van der Waals surface area contributed by atoms with Crippen LogP contribution in [0.5, 0.6) is 5.75 Å². The van der Waals surface area contributed by atoms with Gasteiger partial charge in [-0.05, 0) is 49.2 Å². The molecule has 2 aromatic carbocycles. The van der Waals surface area contributed by atoms with E-state index in [0.717, 1.165) is 24.5 Å². The van der Waals surface area contributed by atoms with Crippen molar-refractivity contribution in [3.63, 3.8) is 0 Å². The number of benzene rings is 2. The Morgan fingerprint density at radius 1 is 0.964 bits per heavy atom. The number of amides is 1. The first-order chi connectivity index (χ1) is 13.7. The predicted molar refractivity (Wildman–Crippen MR) is 112 cm³/mol. The van der Waals surface area contributed by atoms with Gasteiger partial charge in [0.15, 0.2) is 12.4 Å². The highest BCUT2D eigenvalue weighted by Gasteiger charge is 2.15. The molecule has 0 aliphatic carbocycles. The Kier molecular flexibility index (Phi) is 7.06. The summed E-state index contributed by atoms with van der Waals surface area (Å²) in [7, 11) is 0. The Labute approximate surface area is 166 Å². The largest absolute Gasteiger partial charge is 0.484 e. The quantitative estimate of drug-likeness (QED) is 0.709. The number of anilines is 2. The van der Waals surface area contributed by atoms with E-state index in [2.05, 4.69) is 16.3 Å². The number of para-hydroxylation sites is 2. The summed E-state index contributed by atoms with van der Waals surface area (Å²) in [5, 5.41) is 2.98. The molecule has 28 heavy (non-hydrogen) atoms. The van der Waals surface area contributed by atoms with E-state index in [4.69, 9.17) is 4.74 Å². The second-order valence-electron chi connectivity index (χ2n) is 7.06. The third-order valence-electron chi connectivity index (χ3n) is 4.99. The number of nitrogens with zero attached hydrogens (tertiary/aromatic N) is 1. The molecule has 1 heterocycles. The lowest BCUT2D eigenvalue weighted by Gasteiger charge is -2.25. The van der Waals surface area contributed by atoms with Crippen molar-refractivity contribution in [3.05, 3.63) is 54.1 Å². The van der Waals surface area contributed by atoms with Gasteiger partial charge in [0.05, 0.1) is 11.4 Å². The van der Waals surface area contributed by atoms with Gasteiger partial charge in [0.1, 0.15) is 5.75 Å². The Hall–Kier alpha value is -2.82. The van der Waals surface area contributed by atoms with Crippen LogP contribution in [-0.2, 0) is 4.79 Å². The average Bonchev–Trinajstić information content (AvgIpc) is 3.02. The molecule has 1 fully saturated rings. The highest BCUT2D eigenvalue weighted by molar-refractivity contribution is 5.96. The first kappa shape index (κ1) is 19.9. The zero-order valence-electron chi connectivity index (χ0n) is 16.4. The Bertz CT molecular complexity index is 794. The van der Waals surface area contributed by atoms with Crippen molar-refractivity contribution >= 4 is 23.1 Å². The van der Waals surface area contributed by atoms with Crippen LogP contribution >= 0.6 is 0 Å². The molecule has 1 aliphatic heterocycles. The van der Waals surface area contributed by atoms with Crippen molar-refractivity contribution in [1.29, 1.82) is 0 Å². The van der Waals surface area contributed by atoms with E-state index in [1.165, 1.54) is 25.7 Å². The molecule has 0 bridgehead atoms. The van der Waals surface area contributed by atoms with Crippen LogP contribution in [0.1, 0.15) is 49.4 Å². The highest BCUT2D eigenvalue weighted by atomic mass is 16.5. The van der Waals surface area contributed by atoms with Gasteiger partial charge in [-0.1, -0.05) is 31.9 Å². The van der Waals surface area contributed by atoms with Gasteiger partial charge >= 0.3 is 0 Å². The number of ketones is 1. The van der Waals surface area contributed by atoms with Gasteiger partial charge in [0.25, 0.3) is 5.91 Å². The minimum atomic E-state index is -0.198. The number of ether oxygens (including phenoxy) is 1. The first-order valence-corrected chi connectivity index (χ1v) is 10.1. The van der Waals surface area contributed by atoms with Gasteiger partial charge in [-0.3, -0.25) is 9.59 Å². The number of nitrogens with one attached hydrogen (secondary N) is 1. The van der Waals surface area contributed by atoms with Crippen molar-refractivity contribution in [2.24, 2.45) is 0 Å². The maximum Gasteiger partial charge on any atom is 0.262 e. The number of hydrogen-bond donors (Lipinski definition) is 1.